The first-order valence-electron chi connectivity index (χ1n) is 7.08. The molecule has 3 rings (SSSR count). The smallest absolute Gasteiger partial charge is 0.486 e. The average molecular weight is 374 g/mol. The third-order valence-electron chi connectivity index (χ3n) is 3.23. The van der Waals surface area contributed by atoms with Gasteiger partial charge in [0.15, 0.2) is 11.5 Å². The maximum atomic E-state index is 12.2. The van der Waals surface area contributed by atoms with Crippen LogP contribution in [0.3, 0.4) is 0 Å². The number of carbonyl (C=O) groups is 1. The van der Waals surface area contributed by atoms with Crippen molar-refractivity contribution in [2.75, 3.05) is 18.5 Å². The number of nitrogens with one attached hydrogen (secondary N) is 1. The molecule has 2 aromatic carbocycles. The summed E-state index contributed by atoms with van der Waals surface area (Å²) in [6.45, 7) is 0.782. The Kier molecular flexibility index (Phi) is 4.63. The molecular formula is C16H11ClF3NO4. The molecule has 132 valence electrons. The van der Waals surface area contributed by atoms with Gasteiger partial charge in [0.05, 0.1) is 10.7 Å². The van der Waals surface area contributed by atoms with E-state index in [0.29, 0.717) is 30.4 Å². The van der Waals surface area contributed by atoms with E-state index in [0.717, 1.165) is 12.1 Å². The molecule has 2 aromatic rings. The highest BCUT2D eigenvalue weighted by atomic mass is 35.5. The van der Waals surface area contributed by atoms with Gasteiger partial charge in [-0.1, -0.05) is 11.6 Å². The van der Waals surface area contributed by atoms with E-state index in [9.17, 15) is 18.0 Å². The summed E-state index contributed by atoms with van der Waals surface area (Å²) in [7, 11) is 0. The van der Waals surface area contributed by atoms with Crippen LogP contribution in [0, 0.1) is 0 Å². The Hall–Kier alpha value is -2.61. The summed E-state index contributed by atoms with van der Waals surface area (Å²) >= 11 is 6.10. The Balaban J connectivity index is 1.74. The number of rotatable bonds is 3. The summed E-state index contributed by atoms with van der Waals surface area (Å²) in [4.78, 5) is 12.2. The number of amides is 1. The van der Waals surface area contributed by atoms with Gasteiger partial charge >= 0.3 is 6.36 Å². The lowest BCUT2D eigenvalue weighted by Gasteiger charge is -2.20. The topological polar surface area (TPSA) is 56.8 Å². The normalized spacial score (nSPS) is 13.3. The number of halogens is 4. The van der Waals surface area contributed by atoms with E-state index in [-0.39, 0.29) is 10.6 Å². The van der Waals surface area contributed by atoms with Gasteiger partial charge in [0.25, 0.3) is 5.91 Å². The maximum absolute atomic E-state index is 12.2. The number of anilines is 1. The molecule has 0 bridgehead atoms. The third kappa shape index (κ3) is 4.27. The van der Waals surface area contributed by atoms with Crippen LogP contribution in [0.2, 0.25) is 5.02 Å². The highest BCUT2D eigenvalue weighted by molar-refractivity contribution is 6.34. The molecule has 0 aliphatic carbocycles. The molecule has 0 saturated carbocycles. The number of hydrogen-bond donors (Lipinski definition) is 1. The Morgan fingerprint density at radius 2 is 1.68 bits per heavy atom. The number of hydrogen-bond acceptors (Lipinski definition) is 4. The van der Waals surface area contributed by atoms with Gasteiger partial charge in [-0.05, 0) is 24.3 Å². The zero-order valence-corrected chi connectivity index (χ0v) is 13.3. The van der Waals surface area contributed by atoms with Gasteiger partial charge < -0.3 is 19.5 Å². The summed E-state index contributed by atoms with van der Waals surface area (Å²) in [5.41, 5.74) is 0.437. The summed E-state index contributed by atoms with van der Waals surface area (Å²) < 4.78 is 50.9. The Morgan fingerprint density at radius 3 is 2.28 bits per heavy atom. The van der Waals surface area contributed by atoms with E-state index in [2.05, 4.69) is 10.1 Å². The molecule has 9 heteroatoms. The lowest BCUT2D eigenvalue weighted by molar-refractivity contribution is -0.274. The summed E-state index contributed by atoms with van der Waals surface area (Å²) in [5.74, 6) is -0.0404. The molecule has 1 heterocycles. The molecule has 0 fully saturated rings. The predicted molar refractivity (Wildman–Crippen MR) is 83.5 cm³/mol. The van der Waals surface area contributed by atoms with Crippen molar-refractivity contribution in [2.45, 2.75) is 6.36 Å². The largest absolute Gasteiger partial charge is 0.573 e. The second kappa shape index (κ2) is 6.72. The molecule has 1 N–H and O–H groups in total. The SMILES string of the molecule is O=C(Nc1cc2c(cc1Cl)OCCO2)c1ccc(OC(F)(F)F)cc1. The fourth-order valence-electron chi connectivity index (χ4n) is 2.16. The first-order chi connectivity index (χ1) is 11.8. The molecule has 1 aliphatic heterocycles. The van der Waals surface area contributed by atoms with Crippen molar-refractivity contribution in [3.05, 3.63) is 47.0 Å². The van der Waals surface area contributed by atoms with Crippen LogP contribution in [0.1, 0.15) is 10.4 Å². The van der Waals surface area contributed by atoms with Crippen LogP contribution in [0.5, 0.6) is 17.2 Å². The van der Waals surface area contributed by atoms with Gasteiger partial charge in [0, 0.05) is 17.7 Å². The van der Waals surface area contributed by atoms with Crippen molar-refractivity contribution < 1.29 is 32.2 Å². The Labute approximate surface area is 145 Å². The van der Waals surface area contributed by atoms with E-state index in [1.165, 1.54) is 24.3 Å². The molecule has 5 nitrogen and oxygen atoms in total. The Bertz CT molecular complexity index is 793. The van der Waals surface area contributed by atoms with Crippen LogP contribution >= 0.6 is 11.6 Å². The second-order valence-corrected chi connectivity index (χ2v) is 5.41. The van der Waals surface area contributed by atoms with Crippen LogP contribution in [0.4, 0.5) is 18.9 Å². The van der Waals surface area contributed by atoms with E-state index < -0.39 is 18.0 Å². The van der Waals surface area contributed by atoms with E-state index in [4.69, 9.17) is 21.1 Å². The number of alkyl halides is 3. The minimum absolute atomic E-state index is 0.139. The van der Waals surface area contributed by atoms with Crippen LogP contribution in [-0.2, 0) is 0 Å². The summed E-state index contributed by atoms with van der Waals surface area (Å²) in [6.07, 6.45) is -4.79. The predicted octanol–water partition coefficient (Wildman–Crippen LogP) is 4.26. The lowest BCUT2D eigenvalue weighted by Crippen LogP contribution is -2.18. The highest BCUT2D eigenvalue weighted by Crippen LogP contribution is 2.38. The van der Waals surface area contributed by atoms with Crippen LogP contribution in [0.25, 0.3) is 0 Å². The van der Waals surface area contributed by atoms with Crippen LogP contribution < -0.4 is 19.5 Å². The zero-order chi connectivity index (χ0) is 18.0. The van der Waals surface area contributed by atoms with Crippen molar-refractivity contribution in [3.63, 3.8) is 0 Å². The van der Waals surface area contributed by atoms with Crippen molar-refractivity contribution in [1.29, 1.82) is 0 Å². The molecule has 0 unspecified atom stereocenters. The first-order valence-corrected chi connectivity index (χ1v) is 7.46. The molecule has 0 spiro atoms. The average Bonchev–Trinajstić information content (AvgIpc) is 2.54. The molecule has 25 heavy (non-hydrogen) atoms. The molecule has 0 radical (unpaired) electrons. The van der Waals surface area contributed by atoms with Crippen LogP contribution in [0.15, 0.2) is 36.4 Å². The standard InChI is InChI=1S/C16H11ClF3NO4/c17-11-7-13-14(24-6-5-23-13)8-12(11)21-15(22)9-1-3-10(4-2-9)25-16(18,19)20/h1-4,7-8H,5-6H2,(H,21,22). The quantitative estimate of drug-likeness (QED) is 0.873. The molecule has 1 aliphatic rings. The third-order valence-corrected chi connectivity index (χ3v) is 3.54. The number of fused-ring (bicyclic) bond motifs is 1. The summed E-state index contributed by atoms with van der Waals surface area (Å²) in [5, 5.41) is 2.82. The zero-order valence-electron chi connectivity index (χ0n) is 12.5. The second-order valence-electron chi connectivity index (χ2n) is 5.00. The minimum atomic E-state index is -4.79. The van der Waals surface area contributed by atoms with E-state index in [1.807, 2.05) is 0 Å². The van der Waals surface area contributed by atoms with Crippen molar-refractivity contribution in [2.24, 2.45) is 0 Å². The number of carbonyl (C=O) groups excluding carboxylic acids is 1. The minimum Gasteiger partial charge on any atom is -0.486 e. The Morgan fingerprint density at radius 1 is 1.08 bits per heavy atom. The van der Waals surface area contributed by atoms with Crippen LogP contribution in [-0.4, -0.2) is 25.5 Å². The fourth-order valence-corrected chi connectivity index (χ4v) is 2.36. The summed E-state index contributed by atoms with van der Waals surface area (Å²) in [6, 6.07) is 7.56. The molecule has 0 saturated heterocycles. The fraction of sp³-hybridized carbons (Fsp3) is 0.188. The number of benzene rings is 2. The van der Waals surface area contributed by atoms with Crippen molar-refractivity contribution in [3.8, 4) is 17.2 Å². The van der Waals surface area contributed by atoms with Crippen molar-refractivity contribution >= 4 is 23.2 Å². The lowest BCUT2D eigenvalue weighted by atomic mass is 10.2. The van der Waals surface area contributed by atoms with Gasteiger partial charge in [-0.3, -0.25) is 4.79 Å². The van der Waals surface area contributed by atoms with Gasteiger partial charge in [-0.15, -0.1) is 13.2 Å². The molecule has 1 amide bonds. The van der Waals surface area contributed by atoms with E-state index >= 15 is 0 Å². The van der Waals surface area contributed by atoms with E-state index in [1.54, 1.807) is 0 Å². The maximum Gasteiger partial charge on any atom is 0.573 e. The van der Waals surface area contributed by atoms with Gasteiger partial charge in [0.2, 0.25) is 0 Å². The highest BCUT2D eigenvalue weighted by Gasteiger charge is 2.31. The number of ether oxygens (including phenoxy) is 3. The van der Waals surface area contributed by atoms with Crippen molar-refractivity contribution in [1.82, 2.24) is 0 Å². The molecule has 0 aromatic heterocycles. The molecular weight excluding hydrogens is 363 g/mol. The monoisotopic (exact) mass is 373 g/mol. The van der Waals surface area contributed by atoms with Gasteiger partial charge in [-0.25, -0.2) is 0 Å². The van der Waals surface area contributed by atoms with Gasteiger partial charge in [0.1, 0.15) is 19.0 Å². The molecule has 0 atom stereocenters. The first kappa shape index (κ1) is 17.2. The van der Waals surface area contributed by atoms with Gasteiger partial charge in [-0.2, -0.15) is 0 Å².